The second kappa shape index (κ2) is 18.8. The summed E-state index contributed by atoms with van der Waals surface area (Å²) in [6.45, 7) is 4.83. The van der Waals surface area contributed by atoms with E-state index in [-0.39, 0.29) is 30.0 Å². The number of imidazole rings is 1. The molecule has 3 heterocycles. The number of nitrogens with two attached hydrogens (primary N) is 1. The van der Waals surface area contributed by atoms with Gasteiger partial charge >= 0.3 is 12.1 Å². The average Bonchev–Trinajstić information content (AvgIpc) is 3.85. The molecule has 1 aliphatic heterocycles. The molecule has 1 amide bonds. The molecular formula is C45H47N9O9. The van der Waals surface area contributed by atoms with Gasteiger partial charge in [0.25, 0.3) is 0 Å². The zero-order valence-corrected chi connectivity index (χ0v) is 35.2. The fraction of sp³-hybridized carbons (Fsp3) is 0.311. The number of aliphatic hydroxyl groups is 1. The Hall–Kier alpha value is -7.24. The monoisotopic (exact) mass is 857 g/mol. The molecule has 0 bridgehead atoms. The molecule has 63 heavy (non-hydrogen) atoms. The number of aromatic nitrogens is 4. The summed E-state index contributed by atoms with van der Waals surface area (Å²) in [5, 5.41) is 18.5. The Bertz CT molecular complexity index is 2510. The molecule has 18 heteroatoms. The number of hydrogen-bond acceptors (Lipinski definition) is 14. The first kappa shape index (κ1) is 43.8. The summed E-state index contributed by atoms with van der Waals surface area (Å²) in [4.78, 5) is 43.2. The van der Waals surface area contributed by atoms with Crippen molar-refractivity contribution in [2.75, 3.05) is 26.6 Å². The minimum Gasteiger partial charge on any atom is -0.497 e. The third-order valence-corrected chi connectivity index (χ3v) is 10.4. The number of nitrogens with one attached hydrogen (secondary N) is 1. The van der Waals surface area contributed by atoms with Crippen molar-refractivity contribution in [1.29, 1.82) is 0 Å². The molecule has 7 rings (SSSR count). The van der Waals surface area contributed by atoms with E-state index < -0.39 is 53.8 Å². The van der Waals surface area contributed by atoms with Crippen molar-refractivity contribution in [3.05, 3.63) is 148 Å². The van der Waals surface area contributed by atoms with Crippen molar-refractivity contribution in [2.24, 2.45) is 5.11 Å². The van der Waals surface area contributed by atoms with Crippen LogP contribution in [0.25, 0.3) is 21.6 Å². The molecule has 0 radical (unpaired) electrons. The van der Waals surface area contributed by atoms with Crippen molar-refractivity contribution < 1.29 is 43.1 Å². The van der Waals surface area contributed by atoms with Crippen LogP contribution in [0.3, 0.4) is 0 Å². The summed E-state index contributed by atoms with van der Waals surface area (Å²) in [6, 6.07) is 29.7. The van der Waals surface area contributed by atoms with Gasteiger partial charge in [0.2, 0.25) is 0 Å². The van der Waals surface area contributed by atoms with Crippen molar-refractivity contribution in [2.45, 2.75) is 69.0 Å². The van der Waals surface area contributed by atoms with Gasteiger partial charge in [-0.05, 0) is 72.8 Å². The smallest absolute Gasteiger partial charge is 0.408 e. The lowest BCUT2D eigenvalue weighted by atomic mass is 9.80. The fourth-order valence-corrected chi connectivity index (χ4v) is 7.39. The van der Waals surface area contributed by atoms with Gasteiger partial charge in [-0.2, -0.15) is 0 Å². The van der Waals surface area contributed by atoms with Gasteiger partial charge in [-0.15, -0.1) is 0 Å². The van der Waals surface area contributed by atoms with Crippen LogP contribution in [0.4, 0.5) is 16.3 Å². The van der Waals surface area contributed by atoms with Gasteiger partial charge in [0, 0.05) is 17.0 Å². The number of nitrogens with zero attached hydrogens (tertiary/aromatic N) is 7. The maximum Gasteiger partial charge on any atom is 0.408 e. The van der Waals surface area contributed by atoms with Crippen LogP contribution in [0.1, 0.15) is 49.3 Å². The van der Waals surface area contributed by atoms with Crippen LogP contribution >= 0.6 is 0 Å². The number of anilines is 1. The highest BCUT2D eigenvalue weighted by Crippen LogP contribution is 2.43. The standard InChI is InChI=1S/C45H47N9O9/c1-44(2,3)63-43(57)51-34(23-27-11-17-31(18-12-27)52-53-47)42(56)62-38-37(55)35(61-41(38)54-26-50-36-39(46)48-25-49-40(36)54)24-60-45(28-9-7-6-8-10-28,29-13-19-32(58-4)20-14-29)30-15-21-33(59-5)22-16-30/h6-22,25-26,34-35,37-38,41,55H,23-24H2,1-5H3,(H,51,57)(H2,46,48,49)/t34?,35-,37-,38-,41-/m1/s1. The number of methoxy groups -OCH3 is 2. The Morgan fingerprint density at radius 2 is 1.52 bits per heavy atom. The maximum atomic E-state index is 14.4. The average molecular weight is 858 g/mol. The molecule has 4 aromatic carbocycles. The summed E-state index contributed by atoms with van der Waals surface area (Å²) < 4.78 is 37.9. The Morgan fingerprint density at radius 3 is 2.11 bits per heavy atom. The lowest BCUT2D eigenvalue weighted by molar-refractivity contribution is -0.161. The van der Waals surface area contributed by atoms with E-state index in [0.29, 0.717) is 22.7 Å². The summed E-state index contributed by atoms with van der Waals surface area (Å²) in [6.07, 6.45) is -3.55. The molecule has 2 aromatic heterocycles. The van der Waals surface area contributed by atoms with E-state index in [0.717, 1.165) is 16.7 Å². The summed E-state index contributed by atoms with van der Waals surface area (Å²) in [5.74, 6) is 0.469. The third kappa shape index (κ3) is 9.64. The number of hydrogen-bond donors (Lipinski definition) is 3. The van der Waals surface area contributed by atoms with Gasteiger partial charge in [-0.3, -0.25) is 4.57 Å². The topological polar surface area (TPSA) is 240 Å². The van der Waals surface area contributed by atoms with Crippen LogP contribution in [-0.4, -0.2) is 87.5 Å². The fourth-order valence-electron chi connectivity index (χ4n) is 7.39. The van der Waals surface area contributed by atoms with Gasteiger partial charge in [-0.25, -0.2) is 24.5 Å². The van der Waals surface area contributed by atoms with Crippen molar-refractivity contribution in [1.82, 2.24) is 24.8 Å². The van der Waals surface area contributed by atoms with E-state index in [2.05, 4.69) is 30.3 Å². The van der Waals surface area contributed by atoms with Crippen LogP contribution in [-0.2, 0) is 35.8 Å². The van der Waals surface area contributed by atoms with Gasteiger partial charge < -0.3 is 44.6 Å². The second-order valence-electron chi connectivity index (χ2n) is 15.6. The maximum absolute atomic E-state index is 14.4. The predicted molar refractivity (Wildman–Crippen MR) is 230 cm³/mol. The largest absolute Gasteiger partial charge is 0.497 e. The minimum absolute atomic E-state index is 0.0589. The van der Waals surface area contributed by atoms with Gasteiger partial charge in [-0.1, -0.05) is 84.0 Å². The first-order chi connectivity index (χ1) is 30.3. The number of amides is 1. The summed E-state index contributed by atoms with van der Waals surface area (Å²) >= 11 is 0. The summed E-state index contributed by atoms with van der Waals surface area (Å²) in [5.41, 5.74) is 16.6. The lowest BCUT2D eigenvalue weighted by Gasteiger charge is -2.37. The highest BCUT2D eigenvalue weighted by molar-refractivity contribution is 5.82. The molecule has 0 aliphatic carbocycles. The number of ether oxygens (including phenoxy) is 6. The van der Waals surface area contributed by atoms with Crippen LogP contribution in [0, 0.1) is 0 Å². The Kier molecular flexibility index (Phi) is 13.1. The van der Waals surface area contributed by atoms with E-state index in [1.165, 1.54) is 17.2 Å². The highest BCUT2D eigenvalue weighted by Gasteiger charge is 2.50. The van der Waals surface area contributed by atoms with Crippen molar-refractivity contribution >= 4 is 34.7 Å². The molecule has 1 saturated heterocycles. The predicted octanol–water partition coefficient (Wildman–Crippen LogP) is 6.68. The zero-order valence-electron chi connectivity index (χ0n) is 35.2. The molecule has 1 aliphatic rings. The summed E-state index contributed by atoms with van der Waals surface area (Å²) in [7, 11) is 3.17. The number of azide groups is 1. The third-order valence-electron chi connectivity index (χ3n) is 10.4. The van der Waals surface area contributed by atoms with Crippen molar-refractivity contribution in [3.8, 4) is 11.5 Å². The molecule has 5 atom stereocenters. The van der Waals surface area contributed by atoms with E-state index >= 15 is 0 Å². The van der Waals surface area contributed by atoms with Crippen LogP contribution in [0.2, 0.25) is 0 Å². The number of esters is 1. The molecule has 4 N–H and O–H groups in total. The van der Waals surface area contributed by atoms with Gasteiger partial charge in [0.15, 0.2) is 23.8 Å². The highest BCUT2D eigenvalue weighted by atomic mass is 16.6. The molecular weight excluding hydrogens is 811 g/mol. The number of carbonyl (C=O) groups is 2. The minimum atomic E-state index is -1.51. The number of rotatable bonds is 15. The van der Waals surface area contributed by atoms with Gasteiger partial charge in [0.05, 0.1) is 27.2 Å². The van der Waals surface area contributed by atoms with E-state index in [9.17, 15) is 14.7 Å². The lowest BCUT2D eigenvalue weighted by Crippen LogP contribution is -2.48. The number of benzene rings is 4. The van der Waals surface area contributed by atoms with E-state index in [1.54, 1.807) is 59.3 Å². The Morgan fingerprint density at radius 1 is 0.905 bits per heavy atom. The number of alkyl carbamates (subject to hydrolysis) is 1. The SMILES string of the molecule is COc1ccc(C(OC[C@H]2O[C@@H](n3cnc4c(N)ncnc43)[C@H](OC(=O)C(Cc3ccc(N=[N+]=[N-])cc3)NC(=O)OC(C)(C)C)[C@@H]2O)(c2ccccc2)c2ccc(OC)cc2)cc1. The first-order valence-electron chi connectivity index (χ1n) is 19.9. The molecule has 326 valence electrons. The van der Waals surface area contributed by atoms with Gasteiger partial charge in [0.1, 0.15) is 52.8 Å². The van der Waals surface area contributed by atoms with Crippen LogP contribution < -0.4 is 20.5 Å². The number of nitrogen functional groups attached to an aromatic ring is 1. The molecule has 0 saturated carbocycles. The van der Waals surface area contributed by atoms with Crippen molar-refractivity contribution in [3.63, 3.8) is 0 Å². The molecule has 0 spiro atoms. The first-order valence-corrected chi connectivity index (χ1v) is 19.9. The Balaban J connectivity index is 1.26. The second-order valence-corrected chi connectivity index (χ2v) is 15.6. The normalized spacial score (nSPS) is 17.9. The van der Waals surface area contributed by atoms with E-state index in [4.69, 9.17) is 39.7 Å². The van der Waals surface area contributed by atoms with Crippen LogP contribution in [0.5, 0.6) is 11.5 Å². The molecule has 18 nitrogen and oxygen atoms in total. The Labute approximate surface area is 362 Å². The molecule has 6 aromatic rings. The number of aliphatic hydroxyl groups excluding tert-OH is 1. The van der Waals surface area contributed by atoms with E-state index in [1.807, 2.05) is 78.9 Å². The number of carbonyl (C=O) groups excluding carboxylic acids is 2. The quantitative estimate of drug-likeness (QED) is 0.0321. The number of fused-ring (bicyclic) bond motifs is 1. The molecule has 1 unspecified atom stereocenters. The van der Waals surface area contributed by atoms with Crippen LogP contribution in [0.15, 0.2) is 121 Å². The molecule has 1 fully saturated rings. The zero-order chi connectivity index (χ0) is 44.7.